The quantitative estimate of drug-likeness (QED) is 0.472. The smallest absolute Gasteiger partial charge is 0.258 e. The molecule has 76 valence electrons. The molecule has 0 aliphatic heterocycles. The molecule has 0 radical (unpaired) electrons. The van der Waals surface area contributed by atoms with Crippen LogP contribution in [0.3, 0.4) is 0 Å². The van der Waals surface area contributed by atoms with Crippen LogP contribution in [-0.4, -0.2) is 9.75 Å². The number of para-hydroxylation sites is 1. The number of nitrogens with zero attached hydrogens (tertiary/aromatic N) is 1. The maximum Gasteiger partial charge on any atom is 0.272 e. The van der Waals surface area contributed by atoms with E-state index < -0.39 is 0 Å². The Hall–Kier alpha value is -0.900. The fourth-order valence-corrected chi connectivity index (χ4v) is 1.48. The van der Waals surface area contributed by atoms with Gasteiger partial charge in [-0.2, -0.15) is 0 Å². The highest BCUT2D eigenvalue weighted by Gasteiger charge is 2.12. The van der Waals surface area contributed by atoms with Gasteiger partial charge in [-0.25, -0.2) is 0 Å². The molecule has 1 unspecified atom stereocenters. The molecule has 1 rings (SSSR count). The Labute approximate surface area is 91.4 Å². The molecule has 4 heteroatoms. The third-order valence-electron chi connectivity index (χ3n) is 2.00. The average Bonchev–Trinajstić information content (AvgIpc) is 2.15. The topological polar surface area (TPSA) is 43.1 Å². The fraction of sp³-hybridized carbons (Fsp3) is 0.400. The van der Waals surface area contributed by atoms with Crippen LogP contribution in [0.15, 0.2) is 24.3 Å². The molecule has 14 heavy (non-hydrogen) atoms. The van der Waals surface area contributed by atoms with Crippen LogP contribution in [0.2, 0.25) is 0 Å². The van der Waals surface area contributed by atoms with Crippen molar-refractivity contribution in [3.8, 4) is 0 Å². The van der Waals surface area contributed by atoms with Crippen LogP contribution in [0.5, 0.6) is 0 Å². The van der Waals surface area contributed by atoms with Crippen molar-refractivity contribution in [2.75, 3.05) is 0 Å². The summed E-state index contributed by atoms with van der Waals surface area (Å²) in [5.74, 6) is 0. The van der Waals surface area contributed by atoms with Crippen LogP contribution < -0.4 is 0 Å². The molecule has 0 aromatic heterocycles. The van der Waals surface area contributed by atoms with Crippen molar-refractivity contribution in [1.82, 2.24) is 0 Å². The number of rotatable bonds is 4. The molecule has 0 aliphatic rings. The lowest BCUT2D eigenvalue weighted by molar-refractivity contribution is -0.385. The van der Waals surface area contributed by atoms with E-state index in [-0.39, 0.29) is 10.6 Å². The molecule has 1 atom stereocenters. The number of alkyl halides is 1. The molecular weight excluding hydrogens is 246 g/mol. The lowest BCUT2D eigenvalue weighted by Gasteiger charge is -2.03. The van der Waals surface area contributed by atoms with Crippen LogP contribution >= 0.6 is 15.9 Å². The fourth-order valence-electron chi connectivity index (χ4n) is 1.25. The van der Waals surface area contributed by atoms with Crippen molar-refractivity contribution in [3.05, 3.63) is 39.9 Å². The van der Waals surface area contributed by atoms with Gasteiger partial charge >= 0.3 is 0 Å². The van der Waals surface area contributed by atoms with Gasteiger partial charge in [-0.1, -0.05) is 41.1 Å². The van der Waals surface area contributed by atoms with Crippen molar-refractivity contribution in [2.45, 2.75) is 24.6 Å². The highest BCUT2D eigenvalue weighted by atomic mass is 79.9. The van der Waals surface area contributed by atoms with Crippen molar-refractivity contribution in [2.24, 2.45) is 0 Å². The lowest BCUT2D eigenvalue weighted by Crippen LogP contribution is -1.98. The van der Waals surface area contributed by atoms with Crippen LogP contribution in [0.4, 0.5) is 5.69 Å². The molecule has 0 heterocycles. The highest BCUT2D eigenvalue weighted by molar-refractivity contribution is 9.09. The molecule has 1 aromatic carbocycles. The molecule has 0 spiro atoms. The summed E-state index contributed by atoms with van der Waals surface area (Å²) in [6.07, 6.45) is 1.65. The van der Waals surface area contributed by atoms with Gasteiger partial charge in [0, 0.05) is 16.5 Å². The van der Waals surface area contributed by atoms with Crippen LogP contribution in [0.1, 0.15) is 18.9 Å². The van der Waals surface area contributed by atoms with Crippen molar-refractivity contribution in [1.29, 1.82) is 0 Å². The second-order valence-corrected chi connectivity index (χ2v) is 4.77. The molecule has 0 aliphatic carbocycles. The zero-order valence-electron chi connectivity index (χ0n) is 7.94. The van der Waals surface area contributed by atoms with Gasteiger partial charge in [0.15, 0.2) is 0 Å². The van der Waals surface area contributed by atoms with Gasteiger partial charge in [-0.15, -0.1) is 0 Å². The maximum atomic E-state index is 10.7. The molecule has 0 N–H and O–H groups in total. The minimum Gasteiger partial charge on any atom is -0.258 e. The first-order valence-electron chi connectivity index (χ1n) is 4.47. The third-order valence-corrected chi connectivity index (χ3v) is 2.46. The standard InChI is InChI=1S/C10H12BrNO2/c1-8(11)6-7-9-4-2-3-5-10(9)12(13)14/h2-5,8H,6-7H2,1H3. The van der Waals surface area contributed by atoms with E-state index in [2.05, 4.69) is 15.9 Å². The molecule has 3 nitrogen and oxygen atoms in total. The van der Waals surface area contributed by atoms with Crippen LogP contribution in [-0.2, 0) is 6.42 Å². The summed E-state index contributed by atoms with van der Waals surface area (Å²) in [5, 5.41) is 10.7. The second kappa shape index (κ2) is 5.10. The van der Waals surface area contributed by atoms with E-state index in [9.17, 15) is 10.1 Å². The zero-order chi connectivity index (χ0) is 10.6. The number of benzene rings is 1. The Kier molecular flexibility index (Phi) is 4.07. The van der Waals surface area contributed by atoms with E-state index in [4.69, 9.17) is 0 Å². The zero-order valence-corrected chi connectivity index (χ0v) is 9.53. The first kappa shape index (κ1) is 11.2. The summed E-state index contributed by atoms with van der Waals surface area (Å²) in [6.45, 7) is 2.04. The van der Waals surface area contributed by atoms with E-state index in [1.54, 1.807) is 12.1 Å². The first-order chi connectivity index (χ1) is 6.61. The Morgan fingerprint density at radius 3 is 2.71 bits per heavy atom. The normalized spacial score (nSPS) is 12.4. The largest absolute Gasteiger partial charge is 0.272 e. The maximum absolute atomic E-state index is 10.7. The summed E-state index contributed by atoms with van der Waals surface area (Å²) < 4.78 is 0. The molecule has 0 amide bonds. The number of nitro benzene ring substituents is 1. The Bertz CT molecular complexity index is 326. The van der Waals surface area contributed by atoms with Crippen molar-refractivity contribution in [3.63, 3.8) is 0 Å². The molecule has 0 bridgehead atoms. The first-order valence-corrected chi connectivity index (χ1v) is 5.39. The monoisotopic (exact) mass is 257 g/mol. The van der Waals surface area contributed by atoms with Crippen molar-refractivity contribution >= 4 is 21.6 Å². The SMILES string of the molecule is CC(Br)CCc1ccccc1[N+](=O)[O-]. The number of hydrogen-bond acceptors (Lipinski definition) is 2. The second-order valence-electron chi connectivity index (χ2n) is 3.21. The van der Waals surface area contributed by atoms with E-state index in [0.717, 1.165) is 18.4 Å². The highest BCUT2D eigenvalue weighted by Crippen LogP contribution is 2.20. The number of hydrogen-bond donors (Lipinski definition) is 0. The van der Waals surface area contributed by atoms with Crippen molar-refractivity contribution < 1.29 is 4.92 Å². The van der Waals surface area contributed by atoms with E-state index >= 15 is 0 Å². The minimum absolute atomic E-state index is 0.223. The molecular formula is C10H12BrNO2. The van der Waals surface area contributed by atoms with Gasteiger partial charge in [-0.05, 0) is 12.8 Å². The predicted octanol–water partition coefficient (Wildman–Crippen LogP) is 3.31. The summed E-state index contributed by atoms with van der Waals surface area (Å²) in [5.41, 5.74) is 1.03. The molecule has 0 fully saturated rings. The summed E-state index contributed by atoms with van der Waals surface area (Å²) in [6, 6.07) is 6.89. The van der Waals surface area contributed by atoms with Gasteiger partial charge in [-0.3, -0.25) is 10.1 Å². The van der Waals surface area contributed by atoms with E-state index in [1.165, 1.54) is 0 Å². The van der Waals surface area contributed by atoms with Gasteiger partial charge in [0.2, 0.25) is 0 Å². The lowest BCUT2D eigenvalue weighted by atomic mass is 10.1. The third kappa shape index (κ3) is 3.10. The average molecular weight is 258 g/mol. The molecule has 0 saturated carbocycles. The summed E-state index contributed by atoms with van der Waals surface area (Å²) in [7, 11) is 0. The summed E-state index contributed by atoms with van der Waals surface area (Å²) in [4.78, 5) is 10.7. The Morgan fingerprint density at radius 2 is 2.14 bits per heavy atom. The van der Waals surface area contributed by atoms with Crippen LogP contribution in [0.25, 0.3) is 0 Å². The van der Waals surface area contributed by atoms with Gasteiger partial charge < -0.3 is 0 Å². The van der Waals surface area contributed by atoms with Gasteiger partial charge in [0.05, 0.1) is 4.92 Å². The van der Waals surface area contributed by atoms with E-state index in [0.29, 0.717) is 4.83 Å². The van der Waals surface area contributed by atoms with Gasteiger partial charge in [0.25, 0.3) is 5.69 Å². The minimum atomic E-state index is -0.325. The molecule has 1 aromatic rings. The number of aryl methyl sites for hydroxylation is 1. The number of nitro groups is 1. The Balaban J connectivity index is 2.79. The number of halogens is 1. The molecule has 0 saturated heterocycles. The summed E-state index contributed by atoms with van der Waals surface area (Å²) >= 11 is 3.42. The van der Waals surface area contributed by atoms with E-state index in [1.807, 2.05) is 19.1 Å². The van der Waals surface area contributed by atoms with Gasteiger partial charge in [0.1, 0.15) is 0 Å². The Morgan fingerprint density at radius 1 is 1.50 bits per heavy atom. The predicted molar refractivity (Wildman–Crippen MR) is 59.8 cm³/mol. The van der Waals surface area contributed by atoms with Crippen LogP contribution in [0, 0.1) is 10.1 Å².